The Bertz CT molecular complexity index is 689. The fraction of sp³-hybridized carbons (Fsp3) is 0.0833. The van der Waals surface area contributed by atoms with Gasteiger partial charge in [-0.3, -0.25) is 0 Å². The number of nitrogens with zero attached hydrogens (tertiary/aromatic N) is 4. The Balaban J connectivity index is 2.07. The van der Waals surface area contributed by atoms with Crippen LogP contribution in [-0.4, -0.2) is 19.5 Å². The fourth-order valence-corrected chi connectivity index (χ4v) is 2.39. The zero-order chi connectivity index (χ0) is 13.4. The van der Waals surface area contributed by atoms with Gasteiger partial charge in [0.25, 0.3) is 0 Å². The standard InChI is InChI=1S/C12H9Cl2N5/c13-8-2-1-3-9(14)7(8)4-19-6-18-11(15)10-12(19)17-5-16-10/h1-3,5-6H,4,15H2. The topological polar surface area (TPSA) is 69.6 Å². The lowest BCUT2D eigenvalue weighted by Gasteiger charge is -2.13. The number of rotatable bonds is 2. The third-order valence-electron chi connectivity index (χ3n) is 2.82. The summed E-state index contributed by atoms with van der Waals surface area (Å²) in [6.45, 7) is 0.459. The molecule has 0 unspecified atom stereocenters. The molecular weight excluding hydrogens is 285 g/mol. The minimum Gasteiger partial charge on any atom is -0.382 e. The number of nitrogens with two attached hydrogens (primary N) is 1. The molecule has 0 fully saturated rings. The molecule has 2 N–H and O–H groups in total. The summed E-state index contributed by atoms with van der Waals surface area (Å²) in [5.74, 6) is 1.01. The minimum absolute atomic E-state index is 0.356. The average Bonchev–Trinajstić information content (AvgIpc) is 2.87. The summed E-state index contributed by atoms with van der Waals surface area (Å²) in [6.07, 6.45) is 3.05. The van der Waals surface area contributed by atoms with Crippen molar-refractivity contribution in [1.82, 2.24) is 19.5 Å². The van der Waals surface area contributed by atoms with Crippen LogP contribution in [0.3, 0.4) is 0 Å². The molecule has 2 heterocycles. The quantitative estimate of drug-likeness (QED) is 0.789. The van der Waals surface area contributed by atoms with Crippen LogP contribution in [0.15, 0.2) is 30.9 Å². The predicted molar refractivity (Wildman–Crippen MR) is 74.4 cm³/mol. The third kappa shape index (κ3) is 2.11. The van der Waals surface area contributed by atoms with E-state index in [1.165, 1.54) is 6.33 Å². The Kier molecular flexibility index (Phi) is 3.00. The summed E-state index contributed by atoms with van der Waals surface area (Å²) in [7, 11) is 0. The van der Waals surface area contributed by atoms with E-state index in [4.69, 9.17) is 28.9 Å². The molecule has 5 nitrogen and oxygen atoms in total. The lowest BCUT2D eigenvalue weighted by atomic mass is 10.2. The van der Waals surface area contributed by atoms with Crippen molar-refractivity contribution in [3.05, 3.63) is 46.5 Å². The van der Waals surface area contributed by atoms with E-state index in [1.54, 1.807) is 24.5 Å². The van der Waals surface area contributed by atoms with Crippen molar-refractivity contribution in [1.29, 1.82) is 0 Å². The second kappa shape index (κ2) is 4.68. The maximum atomic E-state index is 6.16. The molecule has 0 saturated carbocycles. The van der Waals surface area contributed by atoms with Gasteiger partial charge in [-0.15, -0.1) is 0 Å². The Morgan fingerprint density at radius 1 is 1.11 bits per heavy atom. The first-order valence-electron chi connectivity index (χ1n) is 5.51. The highest BCUT2D eigenvalue weighted by molar-refractivity contribution is 6.35. The van der Waals surface area contributed by atoms with E-state index in [9.17, 15) is 0 Å². The summed E-state index contributed by atoms with van der Waals surface area (Å²) in [6, 6.07) is 5.39. The van der Waals surface area contributed by atoms with E-state index in [-0.39, 0.29) is 0 Å². The maximum Gasteiger partial charge on any atom is 0.165 e. The SMILES string of the molecule is Nc1ncn(Cc2c(Cl)cccc2Cl)c2ncnc1-2. The van der Waals surface area contributed by atoms with E-state index < -0.39 is 0 Å². The molecule has 1 aromatic carbocycles. The fourth-order valence-electron chi connectivity index (χ4n) is 1.87. The number of halogens is 2. The molecule has 0 bridgehead atoms. The molecule has 7 heteroatoms. The van der Waals surface area contributed by atoms with Gasteiger partial charge in [0.05, 0.1) is 12.9 Å². The average molecular weight is 294 g/mol. The molecule has 2 aliphatic heterocycles. The van der Waals surface area contributed by atoms with Crippen molar-refractivity contribution in [2.75, 3.05) is 5.73 Å². The number of fused-ring (bicyclic) bond motifs is 1. The second-order valence-electron chi connectivity index (χ2n) is 4.00. The van der Waals surface area contributed by atoms with Gasteiger partial charge in [-0.1, -0.05) is 29.3 Å². The molecule has 0 radical (unpaired) electrons. The maximum absolute atomic E-state index is 6.16. The molecule has 0 amide bonds. The van der Waals surface area contributed by atoms with Crippen LogP contribution in [0.5, 0.6) is 0 Å². The largest absolute Gasteiger partial charge is 0.382 e. The Hall–Kier alpha value is -1.85. The van der Waals surface area contributed by atoms with Gasteiger partial charge in [0.1, 0.15) is 12.0 Å². The highest BCUT2D eigenvalue weighted by Gasteiger charge is 2.16. The van der Waals surface area contributed by atoms with Crippen LogP contribution in [0, 0.1) is 0 Å². The van der Waals surface area contributed by atoms with Crippen molar-refractivity contribution in [2.45, 2.75) is 6.54 Å². The zero-order valence-corrected chi connectivity index (χ0v) is 11.2. The third-order valence-corrected chi connectivity index (χ3v) is 3.53. The number of imidazole rings is 1. The highest BCUT2D eigenvalue weighted by Crippen LogP contribution is 2.28. The summed E-state index contributed by atoms with van der Waals surface area (Å²) in [4.78, 5) is 12.3. The first-order chi connectivity index (χ1) is 9.16. The number of hydrogen-bond acceptors (Lipinski definition) is 4. The Morgan fingerprint density at radius 3 is 2.58 bits per heavy atom. The minimum atomic E-state index is 0.356. The summed E-state index contributed by atoms with van der Waals surface area (Å²) < 4.78 is 1.81. The van der Waals surface area contributed by atoms with Crippen molar-refractivity contribution >= 4 is 29.0 Å². The molecule has 0 saturated heterocycles. The first-order valence-corrected chi connectivity index (χ1v) is 6.26. The highest BCUT2D eigenvalue weighted by atomic mass is 35.5. The molecule has 2 aliphatic rings. The molecule has 19 heavy (non-hydrogen) atoms. The number of anilines is 1. The first kappa shape index (κ1) is 12.2. The van der Waals surface area contributed by atoms with E-state index in [0.29, 0.717) is 33.9 Å². The lowest BCUT2D eigenvalue weighted by molar-refractivity contribution is 0.763. The van der Waals surface area contributed by atoms with Crippen LogP contribution in [0.25, 0.3) is 11.5 Å². The summed E-state index contributed by atoms with van der Waals surface area (Å²) in [5.41, 5.74) is 7.13. The Labute approximate surface area is 119 Å². The van der Waals surface area contributed by atoms with Crippen LogP contribution in [-0.2, 0) is 6.54 Å². The lowest BCUT2D eigenvalue weighted by Crippen LogP contribution is -2.09. The van der Waals surface area contributed by atoms with E-state index in [2.05, 4.69) is 15.0 Å². The summed E-state index contributed by atoms with van der Waals surface area (Å²) >= 11 is 12.3. The normalized spacial score (nSPS) is 11.1. The molecule has 96 valence electrons. The van der Waals surface area contributed by atoms with Gasteiger partial charge in [0.15, 0.2) is 11.6 Å². The van der Waals surface area contributed by atoms with E-state index in [1.807, 2.05) is 4.57 Å². The molecule has 0 atom stereocenters. The summed E-state index contributed by atoms with van der Waals surface area (Å²) in [5, 5.41) is 1.20. The van der Waals surface area contributed by atoms with Crippen molar-refractivity contribution < 1.29 is 0 Å². The molecule has 0 aliphatic carbocycles. The number of benzene rings is 1. The van der Waals surface area contributed by atoms with Gasteiger partial charge in [-0.2, -0.15) is 0 Å². The smallest absolute Gasteiger partial charge is 0.165 e. The van der Waals surface area contributed by atoms with Gasteiger partial charge < -0.3 is 10.3 Å². The number of hydrogen-bond donors (Lipinski definition) is 1. The van der Waals surface area contributed by atoms with Gasteiger partial charge in [-0.25, -0.2) is 15.0 Å². The van der Waals surface area contributed by atoms with Gasteiger partial charge in [0, 0.05) is 15.6 Å². The second-order valence-corrected chi connectivity index (χ2v) is 4.82. The number of nitrogen functional groups attached to an aromatic ring is 1. The molecular formula is C12H9Cl2N5. The van der Waals surface area contributed by atoms with Crippen LogP contribution < -0.4 is 5.73 Å². The van der Waals surface area contributed by atoms with Crippen molar-refractivity contribution in [3.63, 3.8) is 0 Å². The molecule has 0 spiro atoms. The van der Waals surface area contributed by atoms with Gasteiger partial charge >= 0.3 is 0 Å². The number of aromatic nitrogens is 4. The van der Waals surface area contributed by atoms with Crippen molar-refractivity contribution in [3.8, 4) is 11.5 Å². The van der Waals surface area contributed by atoms with E-state index in [0.717, 1.165) is 5.56 Å². The predicted octanol–water partition coefficient (Wildman–Crippen LogP) is 2.72. The zero-order valence-electron chi connectivity index (χ0n) is 9.72. The van der Waals surface area contributed by atoms with Gasteiger partial charge in [-0.05, 0) is 12.1 Å². The van der Waals surface area contributed by atoms with Gasteiger partial charge in [0.2, 0.25) is 0 Å². The van der Waals surface area contributed by atoms with E-state index >= 15 is 0 Å². The molecule has 3 rings (SSSR count). The monoisotopic (exact) mass is 293 g/mol. The van der Waals surface area contributed by atoms with Crippen molar-refractivity contribution in [2.24, 2.45) is 0 Å². The van der Waals surface area contributed by atoms with Crippen LogP contribution in [0.4, 0.5) is 5.82 Å². The Morgan fingerprint density at radius 2 is 1.84 bits per heavy atom. The van der Waals surface area contributed by atoms with Crippen LogP contribution >= 0.6 is 23.2 Å². The van der Waals surface area contributed by atoms with Crippen LogP contribution in [0.1, 0.15) is 5.56 Å². The molecule has 0 aromatic heterocycles. The molecule has 1 aromatic rings. The van der Waals surface area contributed by atoms with Crippen LogP contribution in [0.2, 0.25) is 10.0 Å².